The van der Waals surface area contributed by atoms with Crippen LogP contribution >= 0.6 is 23.4 Å². The average molecular weight is 267 g/mol. The summed E-state index contributed by atoms with van der Waals surface area (Å²) >= 11 is 7.15. The van der Waals surface area contributed by atoms with E-state index in [4.69, 9.17) is 16.7 Å². The molecule has 0 unspecified atom stereocenters. The normalized spacial score (nSPS) is 10.2. The molecule has 2 rings (SSSR count). The molecule has 2 aromatic rings. The van der Waals surface area contributed by atoms with Crippen LogP contribution in [-0.4, -0.2) is 21.0 Å². The fourth-order valence-corrected chi connectivity index (χ4v) is 2.29. The maximum absolute atomic E-state index is 11.0. The fraction of sp³-hybridized carbons (Fsp3) is 0. The van der Waals surface area contributed by atoms with E-state index in [0.717, 1.165) is 4.90 Å². The standard InChI is InChI=1S/C11H7ClN2O2S/c12-8-6-13-5-3-9(8)17-10-7(11(15)16)2-1-4-14-10/h1-6H,(H,15,16). The van der Waals surface area contributed by atoms with Crippen molar-refractivity contribution in [1.82, 2.24) is 9.97 Å². The summed E-state index contributed by atoms with van der Waals surface area (Å²) < 4.78 is 0. The Morgan fingerprint density at radius 3 is 2.88 bits per heavy atom. The van der Waals surface area contributed by atoms with E-state index < -0.39 is 5.97 Å². The van der Waals surface area contributed by atoms with Gasteiger partial charge in [-0.15, -0.1) is 0 Å². The number of carboxylic acids is 1. The van der Waals surface area contributed by atoms with Crippen molar-refractivity contribution in [2.45, 2.75) is 9.92 Å². The summed E-state index contributed by atoms with van der Waals surface area (Å²) in [6, 6.07) is 4.81. The Bertz CT molecular complexity index is 563. The number of nitrogens with zero attached hydrogens (tertiary/aromatic N) is 2. The molecule has 0 saturated heterocycles. The van der Waals surface area contributed by atoms with Crippen LogP contribution in [-0.2, 0) is 0 Å². The molecule has 2 aromatic heterocycles. The lowest BCUT2D eigenvalue weighted by Crippen LogP contribution is -2.00. The van der Waals surface area contributed by atoms with E-state index in [2.05, 4.69) is 9.97 Å². The number of hydrogen-bond donors (Lipinski definition) is 1. The van der Waals surface area contributed by atoms with Crippen LogP contribution in [0.4, 0.5) is 0 Å². The fourth-order valence-electron chi connectivity index (χ4n) is 1.18. The molecule has 0 atom stereocenters. The molecule has 0 fully saturated rings. The number of carbonyl (C=O) groups is 1. The van der Waals surface area contributed by atoms with Gasteiger partial charge in [0.25, 0.3) is 0 Å². The Hall–Kier alpha value is -1.59. The van der Waals surface area contributed by atoms with Crippen molar-refractivity contribution in [3.63, 3.8) is 0 Å². The lowest BCUT2D eigenvalue weighted by Gasteiger charge is -2.05. The van der Waals surface area contributed by atoms with Gasteiger partial charge in [-0.3, -0.25) is 4.98 Å². The van der Waals surface area contributed by atoms with Crippen LogP contribution in [0.3, 0.4) is 0 Å². The molecule has 4 nitrogen and oxygen atoms in total. The first-order valence-electron chi connectivity index (χ1n) is 4.64. The Morgan fingerprint density at radius 1 is 1.35 bits per heavy atom. The van der Waals surface area contributed by atoms with E-state index in [1.807, 2.05) is 0 Å². The number of aromatic nitrogens is 2. The van der Waals surface area contributed by atoms with Gasteiger partial charge in [0.05, 0.1) is 10.6 Å². The Kier molecular flexibility index (Phi) is 3.61. The zero-order valence-corrected chi connectivity index (χ0v) is 10.1. The van der Waals surface area contributed by atoms with E-state index in [1.54, 1.807) is 24.5 Å². The highest BCUT2D eigenvalue weighted by molar-refractivity contribution is 7.99. The first kappa shape index (κ1) is 11.9. The van der Waals surface area contributed by atoms with Crippen molar-refractivity contribution >= 4 is 29.3 Å². The van der Waals surface area contributed by atoms with E-state index in [1.165, 1.54) is 24.0 Å². The molecular formula is C11H7ClN2O2S. The number of carboxylic acid groups (broad SMARTS) is 1. The van der Waals surface area contributed by atoms with Gasteiger partial charge in [-0.25, -0.2) is 9.78 Å². The lowest BCUT2D eigenvalue weighted by molar-refractivity contribution is 0.0692. The van der Waals surface area contributed by atoms with Crippen molar-refractivity contribution in [2.75, 3.05) is 0 Å². The van der Waals surface area contributed by atoms with Gasteiger partial charge < -0.3 is 5.11 Å². The summed E-state index contributed by atoms with van der Waals surface area (Å²) in [5.41, 5.74) is 0.158. The molecule has 0 amide bonds. The highest BCUT2D eigenvalue weighted by Gasteiger charge is 2.13. The summed E-state index contributed by atoms with van der Waals surface area (Å²) in [7, 11) is 0. The zero-order valence-electron chi connectivity index (χ0n) is 8.50. The van der Waals surface area contributed by atoms with Gasteiger partial charge in [-0.2, -0.15) is 0 Å². The van der Waals surface area contributed by atoms with Crippen molar-refractivity contribution < 1.29 is 9.90 Å². The zero-order chi connectivity index (χ0) is 12.3. The quantitative estimate of drug-likeness (QED) is 0.925. The van der Waals surface area contributed by atoms with Crippen LogP contribution in [0.25, 0.3) is 0 Å². The van der Waals surface area contributed by atoms with Crippen LogP contribution in [0, 0.1) is 0 Å². The summed E-state index contributed by atoms with van der Waals surface area (Å²) in [6.45, 7) is 0. The first-order chi connectivity index (χ1) is 8.18. The first-order valence-corrected chi connectivity index (χ1v) is 5.83. The Labute approximate surface area is 107 Å². The van der Waals surface area contributed by atoms with Gasteiger partial charge in [-0.05, 0) is 18.2 Å². The number of rotatable bonds is 3. The third-order valence-electron chi connectivity index (χ3n) is 1.94. The molecule has 0 aromatic carbocycles. The van der Waals surface area contributed by atoms with E-state index in [-0.39, 0.29) is 5.56 Å². The Morgan fingerprint density at radius 2 is 2.18 bits per heavy atom. The number of halogens is 1. The molecule has 2 heterocycles. The van der Waals surface area contributed by atoms with Crippen molar-refractivity contribution in [3.05, 3.63) is 47.4 Å². The predicted octanol–water partition coefficient (Wildman–Crippen LogP) is 2.98. The molecule has 0 aliphatic carbocycles. The number of pyridine rings is 2. The second-order valence-electron chi connectivity index (χ2n) is 3.07. The highest BCUT2D eigenvalue weighted by Crippen LogP contribution is 2.32. The second kappa shape index (κ2) is 5.16. The summed E-state index contributed by atoms with van der Waals surface area (Å²) in [6.07, 6.45) is 4.65. The number of aromatic carboxylic acids is 1. The van der Waals surface area contributed by atoms with E-state index in [9.17, 15) is 4.79 Å². The third-order valence-corrected chi connectivity index (χ3v) is 3.45. The topological polar surface area (TPSA) is 63.1 Å². The van der Waals surface area contributed by atoms with Crippen LogP contribution in [0.15, 0.2) is 46.7 Å². The molecule has 17 heavy (non-hydrogen) atoms. The largest absolute Gasteiger partial charge is 0.478 e. The van der Waals surface area contributed by atoms with Gasteiger partial charge in [-0.1, -0.05) is 23.4 Å². The van der Waals surface area contributed by atoms with Crippen LogP contribution in [0.2, 0.25) is 5.02 Å². The minimum absolute atomic E-state index is 0.158. The molecule has 0 spiro atoms. The minimum Gasteiger partial charge on any atom is -0.478 e. The van der Waals surface area contributed by atoms with Crippen molar-refractivity contribution in [2.24, 2.45) is 0 Å². The molecule has 0 saturated carbocycles. The van der Waals surface area contributed by atoms with E-state index in [0.29, 0.717) is 10.0 Å². The molecule has 86 valence electrons. The smallest absolute Gasteiger partial charge is 0.338 e. The molecule has 0 bridgehead atoms. The van der Waals surface area contributed by atoms with Gasteiger partial charge in [0.15, 0.2) is 0 Å². The van der Waals surface area contributed by atoms with Gasteiger partial charge >= 0.3 is 5.97 Å². The van der Waals surface area contributed by atoms with Gasteiger partial charge in [0.2, 0.25) is 0 Å². The van der Waals surface area contributed by atoms with Crippen LogP contribution in [0.5, 0.6) is 0 Å². The molecule has 1 N–H and O–H groups in total. The number of hydrogen-bond acceptors (Lipinski definition) is 4. The molecule has 0 aliphatic rings. The second-order valence-corrected chi connectivity index (χ2v) is 4.51. The minimum atomic E-state index is -1.01. The predicted molar refractivity (Wildman–Crippen MR) is 64.6 cm³/mol. The summed E-state index contributed by atoms with van der Waals surface area (Å²) in [5.74, 6) is -1.01. The Balaban J connectivity index is 2.37. The molecule has 0 radical (unpaired) electrons. The monoisotopic (exact) mass is 266 g/mol. The summed E-state index contributed by atoms with van der Waals surface area (Å²) in [4.78, 5) is 19.6. The average Bonchev–Trinajstić information content (AvgIpc) is 2.32. The van der Waals surface area contributed by atoms with Crippen LogP contribution in [0.1, 0.15) is 10.4 Å². The lowest BCUT2D eigenvalue weighted by atomic mass is 10.3. The highest BCUT2D eigenvalue weighted by atomic mass is 35.5. The van der Waals surface area contributed by atoms with Gasteiger partial charge in [0, 0.05) is 23.5 Å². The van der Waals surface area contributed by atoms with Gasteiger partial charge in [0.1, 0.15) is 5.03 Å². The summed E-state index contributed by atoms with van der Waals surface area (Å²) in [5, 5.41) is 9.90. The van der Waals surface area contributed by atoms with Crippen molar-refractivity contribution in [1.29, 1.82) is 0 Å². The van der Waals surface area contributed by atoms with Crippen LogP contribution < -0.4 is 0 Å². The maximum Gasteiger partial charge on any atom is 0.338 e. The molecular weight excluding hydrogens is 260 g/mol. The van der Waals surface area contributed by atoms with Crippen molar-refractivity contribution in [3.8, 4) is 0 Å². The maximum atomic E-state index is 11.0. The molecule has 0 aliphatic heterocycles. The SMILES string of the molecule is O=C(O)c1cccnc1Sc1ccncc1Cl. The third kappa shape index (κ3) is 2.75. The molecule has 6 heteroatoms. The van der Waals surface area contributed by atoms with E-state index >= 15 is 0 Å².